The number of piperazine rings is 1. The highest BCUT2D eigenvalue weighted by molar-refractivity contribution is 5.98. The van der Waals surface area contributed by atoms with Crippen LogP contribution < -0.4 is 14.4 Å². The highest BCUT2D eigenvalue weighted by Gasteiger charge is 2.24. The molecule has 1 amide bonds. The Hall–Kier alpha value is -4.07. The first-order valence-electron chi connectivity index (χ1n) is 10.6. The summed E-state index contributed by atoms with van der Waals surface area (Å²) in [4.78, 5) is 20.2. The number of hydrogen-bond donors (Lipinski definition) is 1. The molecule has 2 aliphatic heterocycles. The van der Waals surface area contributed by atoms with Crippen LogP contribution in [-0.2, 0) is 0 Å². The van der Waals surface area contributed by atoms with Crippen LogP contribution in [-0.4, -0.2) is 59.0 Å². The molecule has 2 aromatic heterocycles. The fourth-order valence-electron chi connectivity index (χ4n) is 4.20. The number of carbonyl (C=O) groups is 1. The number of rotatable bonds is 3. The van der Waals surface area contributed by atoms with E-state index in [0.29, 0.717) is 31.9 Å². The standard InChI is InChI=1S/C24H21N5O3/c30-24(20-13-16-3-1-2-4-18(16)25-20)29-11-9-28(10-12-29)23-8-6-19(26-27-23)17-5-7-21-22(14-17)32-15-31-21/h1-8,13-14,25H,9-12,15H2. The number of nitrogens with zero attached hydrogens (tertiary/aromatic N) is 4. The van der Waals surface area contributed by atoms with Crippen LogP contribution in [0.15, 0.2) is 60.7 Å². The quantitative estimate of drug-likeness (QED) is 0.540. The molecule has 8 nitrogen and oxygen atoms in total. The van der Waals surface area contributed by atoms with Crippen LogP contribution in [0, 0.1) is 0 Å². The second-order valence-corrected chi connectivity index (χ2v) is 7.89. The van der Waals surface area contributed by atoms with E-state index in [0.717, 1.165) is 39.5 Å². The number of fused-ring (bicyclic) bond motifs is 2. The fraction of sp³-hybridized carbons (Fsp3) is 0.208. The number of aromatic amines is 1. The van der Waals surface area contributed by atoms with Crippen molar-refractivity contribution < 1.29 is 14.3 Å². The number of para-hydroxylation sites is 1. The van der Waals surface area contributed by atoms with Gasteiger partial charge in [-0.3, -0.25) is 4.79 Å². The monoisotopic (exact) mass is 427 g/mol. The smallest absolute Gasteiger partial charge is 0.270 e. The maximum Gasteiger partial charge on any atom is 0.270 e. The van der Waals surface area contributed by atoms with Gasteiger partial charge in [0.05, 0.1) is 5.69 Å². The Morgan fingerprint density at radius 2 is 1.72 bits per heavy atom. The summed E-state index contributed by atoms with van der Waals surface area (Å²) in [6.45, 7) is 2.95. The Bertz CT molecular complexity index is 1260. The molecule has 0 saturated carbocycles. The van der Waals surface area contributed by atoms with Gasteiger partial charge in [-0.15, -0.1) is 10.2 Å². The van der Waals surface area contributed by atoms with Crippen LogP contribution in [0.3, 0.4) is 0 Å². The second-order valence-electron chi connectivity index (χ2n) is 7.89. The topological polar surface area (TPSA) is 83.6 Å². The minimum Gasteiger partial charge on any atom is -0.454 e. The van der Waals surface area contributed by atoms with Gasteiger partial charge in [0.25, 0.3) is 5.91 Å². The molecular weight excluding hydrogens is 406 g/mol. The number of hydrogen-bond acceptors (Lipinski definition) is 6. The molecule has 4 aromatic rings. The zero-order valence-corrected chi connectivity index (χ0v) is 17.3. The maximum absolute atomic E-state index is 12.9. The third-order valence-corrected chi connectivity index (χ3v) is 5.97. The Labute approximate surface area is 184 Å². The predicted octanol–water partition coefficient (Wildman–Crippen LogP) is 3.32. The van der Waals surface area contributed by atoms with Crippen LogP contribution in [0.25, 0.3) is 22.2 Å². The van der Waals surface area contributed by atoms with Crippen molar-refractivity contribution in [3.63, 3.8) is 0 Å². The number of nitrogens with one attached hydrogen (secondary N) is 1. The van der Waals surface area contributed by atoms with Gasteiger partial charge in [-0.2, -0.15) is 0 Å². The average Bonchev–Trinajstić information content (AvgIpc) is 3.50. The number of anilines is 1. The summed E-state index contributed by atoms with van der Waals surface area (Å²) in [6, 6.07) is 19.5. The van der Waals surface area contributed by atoms with Crippen LogP contribution in [0.2, 0.25) is 0 Å². The lowest BCUT2D eigenvalue weighted by atomic mass is 10.1. The maximum atomic E-state index is 12.9. The van der Waals surface area contributed by atoms with E-state index >= 15 is 0 Å². The van der Waals surface area contributed by atoms with Gasteiger partial charge in [-0.1, -0.05) is 18.2 Å². The minimum atomic E-state index is 0.0325. The molecule has 1 fully saturated rings. The summed E-state index contributed by atoms with van der Waals surface area (Å²) in [6.07, 6.45) is 0. The van der Waals surface area contributed by atoms with E-state index in [4.69, 9.17) is 9.47 Å². The van der Waals surface area contributed by atoms with Crippen LogP contribution >= 0.6 is 0 Å². The van der Waals surface area contributed by atoms with Crippen molar-refractivity contribution in [3.8, 4) is 22.8 Å². The Balaban J connectivity index is 1.12. The molecule has 160 valence electrons. The van der Waals surface area contributed by atoms with E-state index in [1.807, 2.05) is 65.6 Å². The van der Waals surface area contributed by atoms with Crippen LogP contribution in [0.1, 0.15) is 10.5 Å². The molecule has 1 saturated heterocycles. The van der Waals surface area contributed by atoms with Gasteiger partial charge in [0.2, 0.25) is 6.79 Å². The van der Waals surface area contributed by atoms with Crippen LogP contribution in [0.4, 0.5) is 5.82 Å². The largest absolute Gasteiger partial charge is 0.454 e. The lowest BCUT2D eigenvalue weighted by molar-refractivity contribution is 0.0741. The summed E-state index contributed by atoms with van der Waals surface area (Å²) in [5.74, 6) is 2.32. The van der Waals surface area contributed by atoms with Gasteiger partial charge in [0.1, 0.15) is 5.69 Å². The molecule has 6 rings (SSSR count). The first-order valence-corrected chi connectivity index (χ1v) is 10.6. The van der Waals surface area contributed by atoms with Crippen molar-refractivity contribution in [2.75, 3.05) is 37.9 Å². The van der Waals surface area contributed by atoms with Gasteiger partial charge in [0.15, 0.2) is 17.3 Å². The van der Waals surface area contributed by atoms with Gasteiger partial charge in [-0.25, -0.2) is 0 Å². The number of benzene rings is 2. The third kappa shape index (κ3) is 3.30. The number of carbonyl (C=O) groups excluding carboxylic acids is 1. The zero-order valence-electron chi connectivity index (χ0n) is 17.3. The summed E-state index contributed by atoms with van der Waals surface area (Å²) in [5.41, 5.74) is 3.32. The van der Waals surface area contributed by atoms with Crippen LogP contribution in [0.5, 0.6) is 11.5 Å². The molecule has 2 aromatic carbocycles. The molecular formula is C24H21N5O3. The molecule has 0 atom stereocenters. The molecule has 0 spiro atoms. The van der Waals surface area contributed by atoms with Crippen molar-refractivity contribution in [3.05, 3.63) is 66.4 Å². The van der Waals surface area contributed by atoms with Gasteiger partial charge in [-0.05, 0) is 42.5 Å². The van der Waals surface area contributed by atoms with E-state index in [1.165, 1.54) is 0 Å². The number of ether oxygens (including phenoxy) is 2. The lowest BCUT2D eigenvalue weighted by Crippen LogP contribution is -2.49. The van der Waals surface area contributed by atoms with Crippen molar-refractivity contribution in [1.29, 1.82) is 0 Å². The lowest BCUT2D eigenvalue weighted by Gasteiger charge is -2.35. The Morgan fingerprint density at radius 3 is 2.53 bits per heavy atom. The molecule has 4 heterocycles. The van der Waals surface area contributed by atoms with E-state index in [9.17, 15) is 4.79 Å². The second kappa shape index (κ2) is 7.56. The molecule has 1 N–H and O–H groups in total. The molecule has 8 heteroatoms. The van der Waals surface area contributed by atoms with Crippen molar-refractivity contribution in [2.45, 2.75) is 0 Å². The predicted molar refractivity (Wildman–Crippen MR) is 120 cm³/mol. The number of H-pyrrole nitrogens is 1. The summed E-state index contributed by atoms with van der Waals surface area (Å²) in [5, 5.41) is 9.87. The fourth-order valence-corrected chi connectivity index (χ4v) is 4.20. The number of aromatic nitrogens is 3. The van der Waals surface area contributed by atoms with E-state index < -0.39 is 0 Å². The highest BCUT2D eigenvalue weighted by atomic mass is 16.7. The first-order chi connectivity index (χ1) is 15.7. The van der Waals surface area contributed by atoms with Gasteiger partial charge >= 0.3 is 0 Å². The molecule has 0 unspecified atom stereocenters. The molecule has 0 aliphatic carbocycles. The van der Waals surface area contributed by atoms with Crippen molar-refractivity contribution >= 4 is 22.6 Å². The van der Waals surface area contributed by atoms with E-state index in [2.05, 4.69) is 20.1 Å². The Kier molecular flexibility index (Phi) is 4.41. The van der Waals surface area contributed by atoms with E-state index in [-0.39, 0.29) is 12.7 Å². The summed E-state index contributed by atoms with van der Waals surface area (Å²) < 4.78 is 10.8. The normalized spacial score (nSPS) is 15.4. The molecule has 0 radical (unpaired) electrons. The van der Waals surface area contributed by atoms with Crippen molar-refractivity contribution in [1.82, 2.24) is 20.1 Å². The molecule has 2 aliphatic rings. The number of amides is 1. The van der Waals surface area contributed by atoms with E-state index in [1.54, 1.807) is 0 Å². The minimum absolute atomic E-state index is 0.0325. The zero-order chi connectivity index (χ0) is 21.5. The Morgan fingerprint density at radius 1 is 0.875 bits per heavy atom. The summed E-state index contributed by atoms with van der Waals surface area (Å²) in [7, 11) is 0. The average molecular weight is 427 g/mol. The SMILES string of the molecule is O=C(c1cc2ccccc2[nH]1)N1CCN(c2ccc(-c3ccc4c(c3)OCO4)nn2)CC1. The molecule has 32 heavy (non-hydrogen) atoms. The van der Waals surface area contributed by atoms with Gasteiger partial charge in [0, 0.05) is 42.6 Å². The molecule has 0 bridgehead atoms. The van der Waals surface area contributed by atoms with Crippen molar-refractivity contribution in [2.24, 2.45) is 0 Å². The highest BCUT2D eigenvalue weighted by Crippen LogP contribution is 2.35. The summed E-state index contributed by atoms with van der Waals surface area (Å²) >= 11 is 0. The first kappa shape index (κ1) is 18.7. The third-order valence-electron chi connectivity index (χ3n) is 5.97. The van der Waals surface area contributed by atoms with Gasteiger partial charge < -0.3 is 24.3 Å².